The zero-order valence-corrected chi connectivity index (χ0v) is 61.0. The number of rotatable bonds is 18. The van der Waals surface area contributed by atoms with Crippen LogP contribution in [0.15, 0.2) is 115 Å². The third kappa shape index (κ3) is 25.2. The number of para-hydroxylation sites is 1. The fourth-order valence-corrected chi connectivity index (χ4v) is 12.6. The Morgan fingerprint density at radius 3 is 1.65 bits per heavy atom. The molecule has 0 fully saturated rings. The summed E-state index contributed by atoms with van der Waals surface area (Å²) in [5.41, 5.74) is 37.5. The number of unbranched alkanes of at least 4 members (excludes halogenated alkanes) is 1. The van der Waals surface area contributed by atoms with Crippen LogP contribution in [0.3, 0.4) is 0 Å². The zero-order valence-electron chi connectivity index (χ0n) is 61.0. The summed E-state index contributed by atoms with van der Waals surface area (Å²) in [5, 5.41) is 39.0. The average molecular weight is 1500 g/mol. The zero-order chi connectivity index (χ0) is 78.7. The summed E-state index contributed by atoms with van der Waals surface area (Å²) >= 11 is 0. The molecule has 0 spiro atoms. The van der Waals surface area contributed by atoms with Gasteiger partial charge in [0.2, 0.25) is 53.2 Å². The monoisotopic (exact) mass is 1500 g/mol. The number of H-pyrrole nitrogens is 1. The molecule has 8 rings (SSSR count). The molecule has 2 aliphatic rings. The number of guanidine groups is 1. The molecule has 8 atom stereocenters. The minimum Gasteiger partial charge on any atom is -0.456 e. The van der Waals surface area contributed by atoms with Crippen molar-refractivity contribution in [3.8, 4) is 23.0 Å². The number of fused-ring (bicyclic) bond motifs is 10. The quantitative estimate of drug-likeness (QED) is 0.0253. The predicted molar refractivity (Wildman–Crippen MR) is 407 cm³/mol. The molecule has 2 unspecified atom stereocenters. The van der Waals surface area contributed by atoms with E-state index in [1.54, 1.807) is 56.4 Å². The largest absolute Gasteiger partial charge is 0.456 e. The van der Waals surface area contributed by atoms with E-state index in [-0.39, 0.29) is 179 Å². The van der Waals surface area contributed by atoms with Gasteiger partial charge in [-0.15, -0.1) is 0 Å². The Hall–Kier alpha value is -12.3. The van der Waals surface area contributed by atoms with Crippen LogP contribution in [0.5, 0.6) is 23.0 Å². The average Bonchev–Trinajstić information content (AvgIpc) is 1.31. The number of amides is 12. The molecule has 3 heterocycles. The van der Waals surface area contributed by atoms with Crippen LogP contribution in [0.4, 0.5) is 11.4 Å². The van der Waals surface area contributed by atoms with Crippen LogP contribution >= 0.6 is 0 Å². The number of hydrogen-bond donors (Lipinski definition) is 19. The number of hydrogen-bond acceptors (Lipinski definition) is 18. The number of nitrogen functional groups attached to an aromatic ring is 2. The van der Waals surface area contributed by atoms with E-state index in [1.165, 1.54) is 54.6 Å². The topological polar surface area (TPSA) is 551 Å². The number of carbonyl (C=O) groups excluding carboxylic acids is 12. The van der Waals surface area contributed by atoms with E-state index in [0.29, 0.717) is 28.5 Å². The van der Waals surface area contributed by atoms with Crippen LogP contribution in [0.2, 0.25) is 0 Å². The van der Waals surface area contributed by atoms with Gasteiger partial charge in [-0.1, -0.05) is 62.4 Å². The number of ether oxygens (including phenoxy) is 2. The maximum absolute atomic E-state index is 15.3. The Morgan fingerprint density at radius 1 is 0.532 bits per heavy atom. The van der Waals surface area contributed by atoms with Gasteiger partial charge in [0.25, 0.3) is 17.7 Å². The molecule has 33 nitrogen and oxygen atoms in total. The van der Waals surface area contributed by atoms with Gasteiger partial charge in [-0.25, -0.2) is 0 Å². The molecule has 1 aromatic heterocycles. The molecule has 0 aliphatic carbocycles. The molecule has 109 heavy (non-hydrogen) atoms. The van der Waals surface area contributed by atoms with Crippen molar-refractivity contribution in [2.45, 2.75) is 165 Å². The Balaban J connectivity index is 1.26. The fraction of sp³-hybridized carbons (Fsp3) is 0.408. The van der Waals surface area contributed by atoms with E-state index in [2.05, 4.69) is 63.5 Å². The van der Waals surface area contributed by atoms with Gasteiger partial charge in [0.05, 0.1) is 11.1 Å². The minimum atomic E-state index is -1.58. The van der Waals surface area contributed by atoms with E-state index < -0.39 is 126 Å². The van der Waals surface area contributed by atoms with Crippen LogP contribution in [0.25, 0.3) is 10.9 Å². The third-order valence-electron chi connectivity index (χ3n) is 18.3. The lowest BCUT2D eigenvalue weighted by Gasteiger charge is -2.29. The summed E-state index contributed by atoms with van der Waals surface area (Å²) in [6.07, 6.45) is 1.54. The molecular formula is C76H99N19O14. The van der Waals surface area contributed by atoms with Crippen LogP contribution in [0.1, 0.15) is 146 Å². The number of aromatic nitrogens is 1. The molecule has 0 radical (unpaired) electrons. The Bertz CT molecular complexity index is 4270. The Labute approximate surface area is 630 Å². The molecular weight excluding hydrogens is 1400 g/mol. The summed E-state index contributed by atoms with van der Waals surface area (Å²) in [6.45, 7) is 3.75. The summed E-state index contributed by atoms with van der Waals surface area (Å²) in [4.78, 5) is 178. The number of benzene rings is 5. The van der Waals surface area contributed by atoms with Gasteiger partial charge in [-0.2, -0.15) is 0 Å². The van der Waals surface area contributed by atoms with Gasteiger partial charge in [-0.3, -0.25) is 62.9 Å². The van der Waals surface area contributed by atoms with Crippen LogP contribution in [-0.4, -0.2) is 156 Å². The first kappa shape index (κ1) is 82.4. The summed E-state index contributed by atoms with van der Waals surface area (Å²) in [7, 11) is 0. The second kappa shape index (κ2) is 40.4. The van der Waals surface area contributed by atoms with Crippen molar-refractivity contribution >= 4 is 99.1 Å². The van der Waals surface area contributed by atoms with Gasteiger partial charge >= 0.3 is 0 Å². The normalized spacial score (nSPS) is 20.9. The van der Waals surface area contributed by atoms with E-state index in [1.807, 2.05) is 18.2 Å². The minimum absolute atomic E-state index is 0.0118. The number of anilines is 2. The van der Waals surface area contributed by atoms with E-state index in [9.17, 15) is 38.4 Å². The van der Waals surface area contributed by atoms with Crippen molar-refractivity contribution < 1.29 is 67.0 Å². The Morgan fingerprint density at radius 2 is 1.06 bits per heavy atom. The first-order chi connectivity index (χ1) is 52.2. The molecule has 25 N–H and O–H groups in total. The summed E-state index contributed by atoms with van der Waals surface area (Å²) in [6, 6.07) is 16.4. The maximum atomic E-state index is 15.3. The molecule has 5 aromatic carbocycles. The van der Waals surface area contributed by atoms with Crippen molar-refractivity contribution in [3.05, 3.63) is 143 Å². The second-order valence-electron chi connectivity index (χ2n) is 27.4. The molecule has 6 aromatic rings. The van der Waals surface area contributed by atoms with Crippen molar-refractivity contribution in [1.82, 2.24) is 63.5 Å². The standard InChI is InChI=1S/C76H99N19O14/c1-42(2)33-59-73(105)91-55(20-8-11-29-77)69(101)90-56-21-10-13-31-85-68(100)52-39-47(79)24-27-63(52)109-49-36-44(66(98)89-58(72(104)93-59)25-28-64(80)96)35-48(40-49)108-62-26-23-46(78)38-51(62)67(99)84-30-12-9-19-54(65(81)97)88-75(107)61(37-45-41-87-53-18-7-6-17-50(45)53)95-71(103)57(22-14-32-86-76(82)83)92-74(106)60(94-70(56)102)34-43-15-4-3-5-16-43/h3-7,15-18,23-24,26-27,35-36,38-42,54-61,87H,8-14,19-22,25,28-34,37,77-79H2,1-2H3,(H2,80,96)(H2,81,97)(H,84,99)(H,85,100)(H,88,107)(H,89,98)(H,90,101)(H,91,105)(H,92,106)(H,93,104)(H,94,102)(H,95,103)(H4,82,83,86)/t54?,55-,56?,57-,58-,59-,60+,61-/m0/s1. The van der Waals surface area contributed by atoms with Gasteiger partial charge in [0.15, 0.2) is 5.96 Å². The lowest BCUT2D eigenvalue weighted by molar-refractivity contribution is -0.136. The maximum Gasteiger partial charge on any atom is 0.255 e. The number of primary amides is 2. The SMILES string of the molecule is CC(C)C[C@@H]1NC(=O)[C@H](CCC(N)=O)NC(=O)c2cc3cc(c2)Oc2ccc(N)cc2C(=O)NCCCCC(NC(=O)[C@H](CCCCN)NC1=O)C(=O)N[C@H](Cc1ccccc1)C(=O)N[C@@H](CCCNC(=N)N)C(=O)N[C@@H](Cc1c[nH]c2ccccc12)C(=O)NC(C(N)=O)CCCCNC(=O)c1cc(N)ccc1O3. The van der Waals surface area contributed by atoms with Gasteiger partial charge in [0.1, 0.15) is 71.3 Å². The molecule has 4 bridgehead atoms. The Kier molecular flexibility index (Phi) is 30.6. The van der Waals surface area contributed by atoms with E-state index >= 15 is 19.2 Å². The molecule has 33 heteroatoms. The van der Waals surface area contributed by atoms with E-state index in [0.717, 1.165) is 0 Å². The summed E-state index contributed by atoms with van der Waals surface area (Å²) < 4.78 is 12.8. The third-order valence-corrected chi connectivity index (χ3v) is 18.3. The molecule has 0 saturated heterocycles. The highest BCUT2D eigenvalue weighted by Crippen LogP contribution is 2.35. The number of nitrogens with two attached hydrogens (primary N) is 6. The van der Waals surface area contributed by atoms with Crippen LogP contribution in [-0.2, 0) is 56.0 Å². The first-order valence-corrected chi connectivity index (χ1v) is 36.5. The molecule has 0 saturated carbocycles. The highest BCUT2D eigenvalue weighted by Gasteiger charge is 2.36. The molecule has 582 valence electrons. The highest BCUT2D eigenvalue weighted by atomic mass is 16.5. The van der Waals surface area contributed by atoms with Crippen LogP contribution < -0.4 is 102 Å². The van der Waals surface area contributed by atoms with Crippen molar-refractivity contribution in [3.63, 3.8) is 0 Å². The lowest BCUT2D eigenvalue weighted by Crippen LogP contribution is -2.60. The van der Waals surface area contributed by atoms with Crippen molar-refractivity contribution in [2.24, 2.45) is 28.9 Å². The van der Waals surface area contributed by atoms with Crippen molar-refractivity contribution in [2.75, 3.05) is 37.6 Å². The second-order valence-corrected chi connectivity index (χ2v) is 27.4. The van der Waals surface area contributed by atoms with Gasteiger partial charge in [0, 0.05) is 79.0 Å². The fourth-order valence-electron chi connectivity index (χ4n) is 12.6. The van der Waals surface area contributed by atoms with Crippen LogP contribution in [0, 0.1) is 11.3 Å². The molecule has 12 amide bonds. The summed E-state index contributed by atoms with van der Waals surface area (Å²) in [5.74, 6) is -11.3. The number of carbonyl (C=O) groups is 12. The molecule has 2 aliphatic heterocycles. The lowest BCUT2D eigenvalue weighted by atomic mass is 10.00. The highest BCUT2D eigenvalue weighted by molar-refractivity contribution is 6.02. The predicted octanol–water partition coefficient (Wildman–Crippen LogP) is 1.91. The van der Waals surface area contributed by atoms with Gasteiger partial charge < -0.3 is 107 Å². The smallest absolute Gasteiger partial charge is 0.255 e. The van der Waals surface area contributed by atoms with Crippen molar-refractivity contribution in [1.29, 1.82) is 5.41 Å². The number of nitrogens with one attached hydrogen (secondary N) is 13. The van der Waals surface area contributed by atoms with E-state index in [4.69, 9.17) is 49.3 Å². The number of aromatic amines is 1. The first-order valence-electron chi connectivity index (χ1n) is 36.5. The van der Waals surface area contributed by atoms with Gasteiger partial charge in [-0.05, 0) is 162 Å².